The average molecular weight is 336 g/mol. The lowest BCUT2D eigenvalue weighted by Gasteiger charge is -2.23. The monoisotopic (exact) mass is 335 g/mol. The summed E-state index contributed by atoms with van der Waals surface area (Å²) >= 11 is 6.23. The van der Waals surface area contributed by atoms with Gasteiger partial charge in [-0.3, -0.25) is 9.55 Å². The second kappa shape index (κ2) is 5.98. The zero-order chi connectivity index (χ0) is 16.7. The van der Waals surface area contributed by atoms with Crippen molar-refractivity contribution in [3.05, 3.63) is 64.1 Å². The summed E-state index contributed by atoms with van der Waals surface area (Å²) in [7, 11) is 2.15. The van der Waals surface area contributed by atoms with Crippen LogP contribution in [0.5, 0.6) is 0 Å². The van der Waals surface area contributed by atoms with Gasteiger partial charge < -0.3 is 4.90 Å². The quantitative estimate of drug-likeness (QED) is 0.582. The number of hydrogen-bond acceptors (Lipinski definition) is 2. The van der Waals surface area contributed by atoms with Gasteiger partial charge in [-0.1, -0.05) is 11.6 Å². The highest BCUT2D eigenvalue weighted by atomic mass is 35.5. The molecule has 4 rings (SSSR count). The van der Waals surface area contributed by atoms with Gasteiger partial charge in [0.25, 0.3) is 0 Å². The number of rotatable bonds is 0. The Kier molecular flexibility index (Phi) is 3.80. The van der Waals surface area contributed by atoms with Gasteiger partial charge in [0.2, 0.25) is 0 Å². The molecule has 1 aromatic carbocycles. The predicted molar refractivity (Wildman–Crippen MR) is 98.2 cm³/mol. The van der Waals surface area contributed by atoms with Gasteiger partial charge in [0.1, 0.15) is 0 Å². The smallest absolute Gasteiger partial charge is 0.0619 e. The molecule has 0 atom stereocenters. The Hall–Kier alpha value is -2.28. The van der Waals surface area contributed by atoms with Crippen molar-refractivity contribution in [2.45, 2.75) is 19.9 Å². The second-order valence-corrected chi connectivity index (χ2v) is 6.77. The Balaban J connectivity index is 1.88. The first-order valence-corrected chi connectivity index (χ1v) is 8.44. The lowest BCUT2D eigenvalue weighted by Crippen LogP contribution is -2.27. The van der Waals surface area contributed by atoms with Crippen LogP contribution in [0.15, 0.2) is 36.5 Å². The number of hydrogen-bond donors (Lipinski definition) is 0. The van der Waals surface area contributed by atoms with Gasteiger partial charge in [-0.2, -0.15) is 0 Å². The molecule has 0 spiro atoms. The number of aryl methyl sites for hydroxylation is 1. The third kappa shape index (κ3) is 2.69. The van der Waals surface area contributed by atoms with Gasteiger partial charge in [-0.25, -0.2) is 0 Å². The molecular formula is C20H18ClN3. The minimum absolute atomic E-state index is 0.770. The first-order chi connectivity index (χ1) is 11.6. The third-order valence-corrected chi connectivity index (χ3v) is 4.76. The highest BCUT2D eigenvalue weighted by Gasteiger charge is 2.21. The third-order valence-electron chi connectivity index (χ3n) is 4.52. The standard InChI is InChI=1S/C20H18ClN3/c1-14-3-4-15(12-22-14)7-10-24-19-6-5-16(21)11-17(19)18-13-23(2)9-8-20(18)24/h3-6,11-12H,8-9,13H2,1-2H3. The zero-order valence-electron chi connectivity index (χ0n) is 13.8. The maximum Gasteiger partial charge on any atom is 0.0619 e. The molecule has 3 aromatic rings. The number of likely N-dealkylation sites (N-methyl/N-ethyl adjacent to an activating group) is 1. The van der Waals surface area contributed by atoms with E-state index < -0.39 is 0 Å². The summed E-state index contributed by atoms with van der Waals surface area (Å²) in [5.74, 6) is 3.25. The number of nitrogens with zero attached hydrogens (tertiary/aromatic N) is 3. The van der Waals surface area contributed by atoms with E-state index in [0.717, 1.165) is 41.3 Å². The van der Waals surface area contributed by atoms with Crippen LogP contribution < -0.4 is 0 Å². The van der Waals surface area contributed by atoms with E-state index in [1.165, 1.54) is 16.6 Å². The van der Waals surface area contributed by atoms with E-state index in [1.54, 1.807) is 0 Å². The van der Waals surface area contributed by atoms with Crippen LogP contribution in [0.2, 0.25) is 5.02 Å². The van der Waals surface area contributed by atoms with Gasteiger partial charge in [0.05, 0.1) is 5.52 Å². The highest BCUT2D eigenvalue weighted by Crippen LogP contribution is 2.31. The lowest BCUT2D eigenvalue weighted by molar-refractivity contribution is 0.311. The molecule has 4 heteroatoms. The van der Waals surface area contributed by atoms with Crippen molar-refractivity contribution in [3.8, 4) is 12.0 Å². The molecule has 0 bridgehead atoms. The minimum Gasteiger partial charge on any atom is -0.302 e. The van der Waals surface area contributed by atoms with Crippen molar-refractivity contribution in [2.24, 2.45) is 0 Å². The van der Waals surface area contributed by atoms with Crippen LogP contribution >= 0.6 is 11.6 Å². The molecule has 0 fully saturated rings. The molecule has 0 N–H and O–H groups in total. The molecule has 0 amide bonds. The fourth-order valence-corrected chi connectivity index (χ4v) is 3.43. The topological polar surface area (TPSA) is 21.1 Å². The van der Waals surface area contributed by atoms with Crippen LogP contribution in [-0.2, 0) is 13.0 Å². The van der Waals surface area contributed by atoms with Crippen molar-refractivity contribution < 1.29 is 0 Å². The Bertz CT molecular complexity index is 974. The van der Waals surface area contributed by atoms with E-state index in [0.29, 0.717) is 0 Å². The van der Waals surface area contributed by atoms with Crippen LogP contribution in [0.25, 0.3) is 10.9 Å². The van der Waals surface area contributed by atoms with Crippen molar-refractivity contribution >= 4 is 22.5 Å². The van der Waals surface area contributed by atoms with Crippen molar-refractivity contribution in [3.63, 3.8) is 0 Å². The molecule has 0 radical (unpaired) electrons. The molecule has 3 heterocycles. The maximum absolute atomic E-state index is 6.23. The largest absolute Gasteiger partial charge is 0.302 e. The minimum atomic E-state index is 0.770. The predicted octanol–water partition coefficient (Wildman–Crippen LogP) is 3.84. The van der Waals surface area contributed by atoms with Crippen LogP contribution in [0, 0.1) is 18.9 Å². The van der Waals surface area contributed by atoms with Gasteiger partial charge in [-0.15, -0.1) is 0 Å². The first kappa shape index (κ1) is 15.3. The molecule has 3 nitrogen and oxygen atoms in total. The molecule has 120 valence electrons. The zero-order valence-corrected chi connectivity index (χ0v) is 14.6. The van der Waals surface area contributed by atoms with Crippen LogP contribution in [-0.4, -0.2) is 28.0 Å². The normalized spacial score (nSPS) is 14.3. The molecule has 0 aliphatic carbocycles. The molecule has 1 aliphatic rings. The number of halogens is 1. The molecule has 0 unspecified atom stereocenters. The molecular weight excluding hydrogens is 318 g/mol. The summed E-state index contributed by atoms with van der Waals surface area (Å²) in [6, 6.07) is 13.4. The number of pyridine rings is 1. The van der Waals surface area contributed by atoms with E-state index in [1.807, 2.05) is 31.3 Å². The van der Waals surface area contributed by atoms with E-state index in [4.69, 9.17) is 11.6 Å². The Labute approximate surface area is 146 Å². The fourth-order valence-electron chi connectivity index (χ4n) is 3.26. The van der Waals surface area contributed by atoms with E-state index in [-0.39, 0.29) is 0 Å². The second-order valence-electron chi connectivity index (χ2n) is 6.33. The summed E-state index contributed by atoms with van der Waals surface area (Å²) < 4.78 is 2.13. The molecule has 0 saturated carbocycles. The summed E-state index contributed by atoms with van der Waals surface area (Å²) in [5.41, 5.74) is 5.71. The molecule has 0 saturated heterocycles. The van der Waals surface area contributed by atoms with Gasteiger partial charge in [0, 0.05) is 59.1 Å². The molecule has 1 aliphatic heterocycles. The van der Waals surface area contributed by atoms with Gasteiger partial charge in [0.15, 0.2) is 0 Å². The number of aromatic nitrogens is 2. The van der Waals surface area contributed by atoms with Crippen molar-refractivity contribution in [2.75, 3.05) is 13.6 Å². The summed E-state index contributed by atoms with van der Waals surface area (Å²) in [5, 5.41) is 1.98. The van der Waals surface area contributed by atoms with Crippen LogP contribution in [0.3, 0.4) is 0 Å². The first-order valence-electron chi connectivity index (χ1n) is 8.07. The molecule has 24 heavy (non-hydrogen) atoms. The van der Waals surface area contributed by atoms with Crippen LogP contribution in [0.1, 0.15) is 22.5 Å². The highest BCUT2D eigenvalue weighted by molar-refractivity contribution is 6.31. The summed E-state index contributed by atoms with van der Waals surface area (Å²) in [4.78, 5) is 6.65. The lowest BCUT2D eigenvalue weighted by atomic mass is 10.1. The van der Waals surface area contributed by atoms with E-state index in [2.05, 4.69) is 45.6 Å². The Morgan fingerprint density at radius 1 is 1.21 bits per heavy atom. The summed E-state index contributed by atoms with van der Waals surface area (Å²) in [6.07, 6.45) is 2.82. The van der Waals surface area contributed by atoms with E-state index >= 15 is 0 Å². The van der Waals surface area contributed by atoms with Crippen molar-refractivity contribution in [1.82, 2.24) is 14.5 Å². The van der Waals surface area contributed by atoms with E-state index in [9.17, 15) is 0 Å². The van der Waals surface area contributed by atoms with Gasteiger partial charge in [-0.05, 0) is 55.8 Å². The number of fused-ring (bicyclic) bond motifs is 3. The summed E-state index contributed by atoms with van der Waals surface area (Å²) in [6.45, 7) is 3.96. The fraction of sp³-hybridized carbons (Fsp3) is 0.250. The maximum atomic E-state index is 6.23. The Morgan fingerprint density at radius 2 is 2.08 bits per heavy atom. The van der Waals surface area contributed by atoms with Crippen LogP contribution in [0.4, 0.5) is 0 Å². The average Bonchev–Trinajstić information content (AvgIpc) is 2.87. The van der Waals surface area contributed by atoms with Gasteiger partial charge >= 0.3 is 0 Å². The van der Waals surface area contributed by atoms with Crippen molar-refractivity contribution in [1.29, 1.82) is 0 Å². The SMILES string of the molecule is Cc1ccc(C#Cn2c3c(c4cc(Cl)ccc42)CN(C)CC3)cn1. The number of benzene rings is 1. The Morgan fingerprint density at radius 3 is 2.88 bits per heavy atom. The molecule has 2 aromatic heterocycles.